The van der Waals surface area contributed by atoms with Gasteiger partial charge in [0, 0.05) is 19.3 Å². The molecule has 0 aliphatic carbocycles. The van der Waals surface area contributed by atoms with Gasteiger partial charge in [-0.25, -0.2) is 0 Å². The van der Waals surface area contributed by atoms with Crippen LogP contribution in [0.2, 0.25) is 0 Å². The first-order valence-electron chi connectivity index (χ1n) is 24.5. The van der Waals surface area contributed by atoms with Gasteiger partial charge in [0.25, 0.3) is 0 Å². The molecule has 0 aromatic rings. The van der Waals surface area contributed by atoms with Gasteiger partial charge >= 0.3 is 17.9 Å². The molecule has 0 fully saturated rings. The van der Waals surface area contributed by atoms with Gasteiger partial charge < -0.3 is 14.2 Å². The highest BCUT2D eigenvalue weighted by Gasteiger charge is 2.19. The van der Waals surface area contributed by atoms with E-state index in [4.69, 9.17) is 14.2 Å². The predicted molar refractivity (Wildman–Crippen MR) is 260 cm³/mol. The van der Waals surface area contributed by atoms with Crippen LogP contribution in [-0.4, -0.2) is 37.2 Å². The molecule has 0 N–H and O–H groups in total. The van der Waals surface area contributed by atoms with Crippen molar-refractivity contribution in [2.24, 2.45) is 0 Å². The normalized spacial score (nSPS) is 13.0. The molecular formula is C55H88O6. The van der Waals surface area contributed by atoms with Gasteiger partial charge in [0.15, 0.2) is 6.10 Å². The van der Waals surface area contributed by atoms with Crippen LogP contribution in [0.1, 0.15) is 201 Å². The number of ether oxygens (including phenoxy) is 3. The summed E-state index contributed by atoms with van der Waals surface area (Å²) in [7, 11) is 0. The smallest absolute Gasteiger partial charge is 0.306 e. The summed E-state index contributed by atoms with van der Waals surface area (Å²) in [6.07, 6.45) is 65.2. The summed E-state index contributed by atoms with van der Waals surface area (Å²) >= 11 is 0. The number of carbonyl (C=O) groups is 3. The summed E-state index contributed by atoms with van der Waals surface area (Å²) < 4.78 is 16.6. The first-order chi connectivity index (χ1) is 30.0. The van der Waals surface area contributed by atoms with E-state index in [2.05, 4.69) is 69.4 Å². The van der Waals surface area contributed by atoms with Crippen molar-refractivity contribution in [1.82, 2.24) is 0 Å². The molecule has 0 aliphatic heterocycles. The lowest BCUT2D eigenvalue weighted by Gasteiger charge is -2.18. The Bertz CT molecular complexity index is 1290. The van der Waals surface area contributed by atoms with Crippen LogP contribution in [-0.2, 0) is 28.6 Å². The summed E-state index contributed by atoms with van der Waals surface area (Å²) in [5.74, 6) is -1.09. The summed E-state index contributed by atoms with van der Waals surface area (Å²) in [6.45, 7) is 6.31. The molecule has 0 aromatic carbocycles. The Labute approximate surface area is 374 Å². The monoisotopic (exact) mass is 845 g/mol. The van der Waals surface area contributed by atoms with Gasteiger partial charge in [-0.2, -0.15) is 0 Å². The van der Waals surface area contributed by atoms with Crippen LogP contribution < -0.4 is 0 Å². The van der Waals surface area contributed by atoms with E-state index in [1.165, 1.54) is 89.9 Å². The zero-order valence-corrected chi connectivity index (χ0v) is 39.1. The van der Waals surface area contributed by atoms with Crippen LogP contribution in [0.5, 0.6) is 0 Å². The zero-order valence-electron chi connectivity index (χ0n) is 39.1. The van der Waals surface area contributed by atoms with Crippen LogP contribution in [0.25, 0.3) is 0 Å². The lowest BCUT2D eigenvalue weighted by Crippen LogP contribution is -2.30. The molecule has 1 unspecified atom stereocenters. The highest BCUT2D eigenvalue weighted by Crippen LogP contribution is 2.12. The van der Waals surface area contributed by atoms with Gasteiger partial charge in [-0.1, -0.05) is 207 Å². The predicted octanol–water partition coefficient (Wildman–Crippen LogP) is 16.0. The molecule has 0 amide bonds. The Morgan fingerprint density at radius 3 is 1.30 bits per heavy atom. The maximum Gasteiger partial charge on any atom is 0.306 e. The van der Waals surface area contributed by atoms with Gasteiger partial charge in [0.1, 0.15) is 13.2 Å². The maximum atomic E-state index is 12.7. The number of hydrogen-bond acceptors (Lipinski definition) is 6. The fourth-order valence-corrected chi connectivity index (χ4v) is 6.20. The molecule has 1 atom stereocenters. The van der Waals surface area contributed by atoms with E-state index in [0.29, 0.717) is 19.3 Å². The quantitative estimate of drug-likeness (QED) is 0.0200. The van der Waals surface area contributed by atoms with Gasteiger partial charge in [0.2, 0.25) is 0 Å². The number of carbonyl (C=O) groups excluding carboxylic acids is 3. The third kappa shape index (κ3) is 47.0. The second kappa shape index (κ2) is 48.7. The first kappa shape index (κ1) is 57.1. The highest BCUT2D eigenvalue weighted by atomic mass is 16.6. The Morgan fingerprint density at radius 2 is 0.754 bits per heavy atom. The number of unbranched alkanes of at least 4 members (excludes halogenated alkanes) is 17. The molecule has 0 saturated carbocycles. The fraction of sp³-hybridized carbons (Fsp3) is 0.618. The Balaban J connectivity index is 4.56. The SMILES string of the molecule is CC/C=C/C=C/C=C/C=C/C=C/CCCC(=O)OC(COC(=O)CC/C=C/C/C=C/CCCCCCCC)COC(=O)CCCCCCCCC/C=C/C/C=C/CCCCC. The molecule has 6 heteroatoms. The first-order valence-corrected chi connectivity index (χ1v) is 24.5. The molecule has 0 bridgehead atoms. The Hall–Kier alpha value is -3.93. The van der Waals surface area contributed by atoms with Crippen LogP contribution >= 0.6 is 0 Å². The van der Waals surface area contributed by atoms with Crippen LogP contribution in [0.3, 0.4) is 0 Å². The number of rotatable bonds is 42. The summed E-state index contributed by atoms with van der Waals surface area (Å²) in [5, 5.41) is 0. The van der Waals surface area contributed by atoms with Crippen LogP contribution in [0, 0.1) is 0 Å². The topological polar surface area (TPSA) is 78.9 Å². The summed E-state index contributed by atoms with van der Waals surface area (Å²) in [4.78, 5) is 37.8. The van der Waals surface area contributed by atoms with Gasteiger partial charge in [-0.3, -0.25) is 14.4 Å². The fourth-order valence-electron chi connectivity index (χ4n) is 6.20. The molecule has 0 radical (unpaired) electrons. The van der Waals surface area contributed by atoms with Crippen molar-refractivity contribution in [2.45, 2.75) is 207 Å². The van der Waals surface area contributed by atoms with Crippen molar-refractivity contribution < 1.29 is 28.6 Å². The minimum Gasteiger partial charge on any atom is -0.462 e. The van der Waals surface area contributed by atoms with E-state index < -0.39 is 12.1 Å². The lowest BCUT2D eigenvalue weighted by atomic mass is 10.1. The van der Waals surface area contributed by atoms with Crippen molar-refractivity contribution in [3.05, 3.63) is 109 Å². The van der Waals surface area contributed by atoms with Gasteiger partial charge in [-0.05, 0) is 83.5 Å². The Morgan fingerprint density at radius 1 is 0.361 bits per heavy atom. The molecule has 344 valence electrons. The van der Waals surface area contributed by atoms with E-state index in [9.17, 15) is 14.4 Å². The number of hydrogen-bond donors (Lipinski definition) is 0. The maximum absolute atomic E-state index is 12.7. The van der Waals surface area contributed by atoms with E-state index in [1.807, 2.05) is 60.8 Å². The molecule has 0 saturated heterocycles. The second-order valence-corrected chi connectivity index (χ2v) is 15.8. The van der Waals surface area contributed by atoms with Crippen molar-refractivity contribution in [2.75, 3.05) is 13.2 Å². The molecule has 0 aliphatic rings. The molecule has 0 aromatic heterocycles. The number of esters is 3. The van der Waals surface area contributed by atoms with E-state index in [1.54, 1.807) is 0 Å². The van der Waals surface area contributed by atoms with Crippen molar-refractivity contribution in [3.8, 4) is 0 Å². The Kier molecular flexibility index (Phi) is 45.6. The average molecular weight is 845 g/mol. The standard InChI is InChI=1S/C55H88O6/c1-4-7-10-13-16-19-22-25-26-27-28-31-33-36-39-42-45-48-54(57)60-51-52(61-55(58)49-46-43-40-37-34-30-24-21-18-15-12-9-6-3)50-59-53(56)47-44-41-38-35-32-29-23-20-17-14-11-8-5-2/h9,12,15-16,18-19,21,24-26,29-30,32,34,37-38,40-41,52H,4-8,10-11,13-14,17,20,22-23,27-28,31,33,35-36,39,42-51H2,1-3H3/b12-9+,18-15+,19-16+,24-21+,26-25+,32-29+,34-30+,40-37+,41-38+. The molecule has 6 nitrogen and oxygen atoms in total. The van der Waals surface area contributed by atoms with E-state index >= 15 is 0 Å². The highest BCUT2D eigenvalue weighted by molar-refractivity contribution is 5.71. The molecular weight excluding hydrogens is 757 g/mol. The lowest BCUT2D eigenvalue weighted by molar-refractivity contribution is -0.166. The van der Waals surface area contributed by atoms with Crippen molar-refractivity contribution in [1.29, 1.82) is 0 Å². The largest absolute Gasteiger partial charge is 0.462 e. The van der Waals surface area contributed by atoms with Crippen LogP contribution in [0.4, 0.5) is 0 Å². The number of allylic oxidation sites excluding steroid dienone is 18. The third-order valence-corrected chi connectivity index (χ3v) is 9.87. The van der Waals surface area contributed by atoms with Crippen molar-refractivity contribution >= 4 is 17.9 Å². The molecule has 0 spiro atoms. The van der Waals surface area contributed by atoms with Crippen molar-refractivity contribution in [3.63, 3.8) is 0 Å². The summed E-state index contributed by atoms with van der Waals surface area (Å²) in [5.41, 5.74) is 0. The molecule has 61 heavy (non-hydrogen) atoms. The van der Waals surface area contributed by atoms with E-state index in [0.717, 1.165) is 57.8 Å². The van der Waals surface area contributed by atoms with Crippen LogP contribution in [0.15, 0.2) is 109 Å². The minimum absolute atomic E-state index is 0.130. The van der Waals surface area contributed by atoms with Gasteiger partial charge in [0.05, 0.1) is 0 Å². The molecule has 0 heterocycles. The average Bonchev–Trinajstić information content (AvgIpc) is 3.26. The third-order valence-electron chi connectivity index (χ3n) is 9.87. The second-order valence-electron chi connectivity index (χ2n) is 15.8. The minimum atomic E-state index is -0.841. The van der Waals surface area contributed by atoms with E-state index in [-0.39, 0.29) is 38.0 Å². The van der Waals surface area contributed by atoms with Gasteiger partial charge in [-0.15, -0.1) is 0 Å². The zero-order chi connectivity index (χ0) is 44.4. The summed E-state index contributed by atoms with van der Waals surface area (Å²) in [6, 6.07) is 0. The molecule has 0 rings (SSSR count).